The molecule has 156 valence electrons. The van der Waals surface area contributed by atoms with E-state index in [9.17, 15) is 0 Å². The second kappa shape index (κ2) is 7.18. The number of aromatic nitrogens is 1. The fourth-order valence-electron chi connectivity index (χ4n) is 5.78. The summed E-state index contributed by atoms with van der Waals surface area (Å²) in [6.07, 6.45) is 11.2. The molecule has 2 aromatic heterocycles. The molecule has 1 aliphatic carbocycles. The van der Waals surface area contributed by atoms with Crippen molar-refractivity contribution in [3.63, 3.8) is 0 Å². The second-order valence-electron chi connectivity index (χ2n) is 10.2. The van der Waals surface area contributed by atoms with Crippen molar-refractivity contribution < 1.29 is 4.74 Å². The molecule has 4 heteroatoms. The van der Waals surface area contributed by atoms with Gasteiger partial charge >= 0.3 is 0 Å². The van der Waals surface area contributed by atoms with Gasteiger partial charge in [0.05, 0.1) is 11.7 Å². The molecule has 29 heavy (non-hydrogen) atoms. The summed E-state index contributed by atoms with van der Waals surface area (Å²) >= 11 is 1.90. The van der Waals surface area contributed by atoms with E-state index in [1.54, 1.807) is 0 Å². The SMILES string of the molecule is Cc1ccc(C2(N3CC[C@@](CCc4cccs4)([C@H]4CCC(C)(C)O4)C3)CC2)cn1. The summed E-state index contributed by atoms with van der Waals surface area (Å²) in [6, 6.07) is 8.98. The fourth-order valence-corrected chi connectivity index (χ4v) is 6.49. The number of thiophene rings is 1. The first-order valence-corrected chi connectivity index (χ1v) is 12.2. The number of pyridine rings is 1. The van der Waals surface area contributed by atoms with E-state index in [1.165, 1.54) is 68.5 Å². The van der Waals surface area contributed by atoms with Crippen LogP contribution in [-0.4, -0.2) is 34.7 Å². The standard InChI is InChI=1S/C25H34N2OS/c1-19-6-7-20(17-26-19)25(12-13-25)27-15-14-24(18-27,11-8-21-5-4-16-29-21)22-9-10-23(2,3)28-22/h4-7,16-17,22H,8-15,18H2,1-3H3/t22-,24-/m1/s1. The van der Waals surface area contributed by atoms with Crippen molar-refractivity contribution in [1.29, 1.82) is 0 Å². The molecule has 3 aliphatic rings. The molecule has 0 radical (unpaired) electrons. The summed E-state index contributed by atoms with van der Waals surface area (Å²) < 4.78 is 6.67. The summed E-state index contributed by atoms with van der Waals surface area (Å²) in [5.41, 5.74) is 3.08. The normalized spacial score (nSPS) is 30.7. The predicted molar refractivity (Wildman–Crippen MR) is 119 cm³/mol. The number of likely N-dealkylation sites (tertiary alicyclic amines) is 1. The summed E-state index contributed by atoms with van der Waals surface area (Å²) in [6.45, 7) is 8.99. The van der Waals surface area contributed by atoms with Gasteiger partial charge in [-0.2, -0.15) is 0 Å². The maximum Gasteiger partial charge on any atom is 0.0652 e. The van der Waals surface area contributed by atoms with Gasteiger partial charge in [-0.1, -0.05) is 12.1 Å². The van der Waals surface area contributed by atoms with Crippen LogP contribution < -0.4 is 0 Å². The van der Waals surface area contributed by atoms with E-state index in [0.29, 0.717) is 6.10 Å². The third kappa shape index (κ3) is 3.68. The van der Waals surface area contributed by atoms with Gasteiger partial charge in [-0.25, -0.2) is 0 Å². The van der Waals surface area contributed by atoms with Crippen molar-refractivity contribution in [2.24, 2.45) is 5.41 Å². The second-order valence-corrected chi connectivity index (χ2v) is 11.3. The van der Waals surface area contributed by atoms with Crippen LogP contribution in [0.25, 0.3) is 0 Å². The van der Waals surface area contributed by atoms with E-state index in [1.807, 2.05) is 11.3 Å². The molecule has 2 saturated heterocycles. The van der Waals surface area contributed by atoms with Gasteiger partial charge in [0.15, 0.2) is 0 Å². The first kappa shape index (κ1) is 19.7. The summed E-state index contributed by atoms with van der Waals surface area (Å²) in [7, 11) is 0. The molecular weight excluding hydrogens is 376 g/mol. The molecular formula is C25H34N2OS. The van der Waals surface area contributed by atoms with E-state index < -0.39 is 0 Å². The van der Waals surface area contributed by atoms with E-state index in [0.717, 1.165) is 5.69 Å². The molecule has 0 N–H and O–H groups in total. The monoisotopic (exact) mass is 410 g/mol. The lowest BCUT2D eigenvalue weighted by Gasteiger charge is -2.38. The lowest BCUT2D eigenvalue weighted by atomic mass is 9.75. The van der Waals surface area contributed by atoms with E-state index in [2.05, 4.69) is 66.5 Å². The Morgan fingerprint density at radius 3 is 2.66 bits per heavy atom. The van der Waals surface area contributed by atoms with Crippen LogP contribution in [0.1, 0.15) is 68.5 Å². The Hall–Kier alpha value is -1.23. The fraction of sp³-hybridized carbons (Fsp3) is 0.640. The summed E-state index contributed by atoms with van der Waals surface area (Å²) in [4.78, 5) is 8.92. The lowest BCUT2D eigenvalue weighted by molar-refractivity contribution is -0.0777. The van der Waals surface area contributed by atoms with Crippen LogP contribution in [-0.2, 0) is 16.7 Å². The topological polar surface area (TPSA) is 25.4 Å². The number of aryl methyl sites for hydroxylation is 2. The van der Waals surface area contributed by atoms with Gasteiger partial charge in [-0.05, 0) is 95.3 Å². The van der Waals surface area contributed by atoms with Crippen LogP contribution in [0.2, 0.25) is 0 Å². The van der Waals surface area contributed by atoms with Crippen molar-refractivity contribution in [3.8, 4) is 0 Å². The first-order chi connectivity index (χ1) is 13.9. The third-order valence-electron chi connectivity index (χ3n) is 7.77. The quantitative estimate of drug-likeness (QED) is 0.609. The van der Waals surface area contributed by atoms with Crippen LogP contribution in [0.15, 0.2) is 35.8 Å². The highest BCUT2D eigenvalue weighted by atomic mass is 32.1. The molecule has 2 aromatic rings. The molecule has 1 saturated carbocycles. The molecule has 5 rings (SSSR count). The Morgan fingerprint density at radius 2 is 2.03 bits per heavy atom. The van der Waals surface area contributed by atoms with Crippen molar-refractivity contribution >= 4 is 11.3 Å². The molecule has 0 spiro atoms. The number of hydrogen-bond acceptors (Lipinski definition) is 4. The smallest absolute Gasteiger partial charge is 0.0652 e. The molecule has 4 heterocycles. The van der Waals surface area contributed by atoms with Gasteiger partial charge in [-0.15, -0.1) is 11.3 Å². The molecule has 0 unspecified atom stereocenters. The van der Waals surface area contributed by atoms with Gasteiger partial charge in [0.25, 0.3) is 0 Å². The van der Waals surface area contributed by atoms with Crippen molar-refractivity contribution in [2.45, 2.75) is 83.0 Å². The largest absolute Gasteiger partial charge is 0.372 e. The third-order valence-corrected chi connectivity index (χ3v) is 8.70. The minimum atomic E-state index is 0.0339. The average molecular weight is 411 g/mol. The lowest BCUT2D eigenvalue weighted by Crippen LogP contribution is -2.42. The van der Waals surface area contributed by atoms with Gasteiger partial charge in [0, 0.05) is 34.3 Å². The highest BCUT2D eigenvalue weighted by molar-refractivity contribution is 7.09. The number of ether oxygens (including phenoxy) is 1. The van der Waals surface area contributed by atoms with Gasteiger partial charge in [0.2, 0.25) is 0 Å². The molecule has 2 aliphatic heterocycles. The van der Waals surface area contributed by atoms with Crippen LogP contribution in [0.5, 0.6) is 0 Å². The average Bonchev–Trinajstić information content (AvgIpc) is 3.05. The van der Waals surface area contributed by atoms with Crippen LogP contribution in [0.4, 0.5) is 0 Å². The van der Waals surface area contributed by atoms with Crippen LogP contribution >= 0.6 is 11.3 Å². The van der Waals surface area contributed by atoms with Crippen LogP contribution in [0, 0.1) is 12.3 Å². The van der Waals surface area contributed by atoms with E-state index in [4.69, 9.17) is 4.74 Å². The molecule has 3 nitrogen and oxygen atoms in total. The maximum atomic E-state index is 6.67. The molecule has 2 atom stereocenters. The Bertz CT molecular complexity index is 840. The predicted octanol–water partition coefficient (Wildman–Crippen LogP) is 5.72. The maximum absolute atomic E-state index is 6.67. The van der Waals surface area contributed by atoms with Gasteiger partial charge in [0.1, 0.15) is 0 Å². The number of hydrogen-bond donors (Lipinski definition) is 0. The molecule has 0 amide bonds. The Labute approximate surface area is 179 Å². The minimum Gasteiger partial charge on any atom is -0.372 e. The van der Waals surface area contributed by atoms with Crippen molar-refractivity contribution in [1.82, 2.24) is 9.88 Å². The zero-order valence-corrected chi connectivity index (χ0v) is 18.9. The van der Waals surface area contributed by atoms with Crippen molar-refractivity contribution in [2.75, 3.05) is 13.1 Å². The Balaban J connectivity index is 1.38. The molecule has 0 aromatic carbocycles. The molecule has 3 fully saturated rings. The van der Waals surface area contributed by atoms with Gasteiger partial charge < -0.3 is 4.74 Å². The number of nitrogens with zero attached hydrogens (tertiary/aromatic N) is 2. The zero-order valence-electron chi connectivity index (χ0n) is 18.1. The first-order valence-electron chi connectivity index (χ1n) is 11.3. The Kier molecular flexibility index (Phi) is 4.88. The van der Waals surface area contributed by atoms with Crippen LogP contribution in [0.3, 0.4) is 0 Å². The van der Waals surface area contributed by atoms with Gasteiger partial charge in [-0.3, -0.25) is 9.88 Å². The summed E-state index contributed by atoms with van der Waals surface area (Å²) in [5, 5.41) is 2.21. The van der Waals surface area contributed by atoms with E-state index >= 15 is 0 Å². The minimum absolute atomic E-state index is 0.0339. The summed E-state index contributed by atoms with van der Waals surface area (Å²) in [5.74, 6) is 0. The number of rotatable bonds is 6. The molecule has 0 bridgehead atoms. The van der Waals surface area contributed by atoms with Crippen molar-refractivity contribution in [3.05, 3.63) is 52.0 Å². The van der Waals surface area contributed by atoms with E-state index in [-0.39, 0.29) is 16.6 Å². The highest BCUT2D eigenvalue weighted by Crippen LogP contribution is 2.56. The highest BCUT2D eigenvalue weighted by Gasteiger charge is 2.57. The Morgan fingerprint density at radius 1 is 1.17 bits per heavy atom. The zero-order chi connectivity index (χ0) is 20.1.